The minimum atomic E-state index is -0.849. The molecule has 0 aliphatic carbocycles. The number of hydrogen-bond acceptors (Lipinski definition) is 6. The van der Waals surface area contributed by atoms with Crippen molar-refractivity contribution >= 4 is 5.97 Å². The van der Waals surface area contributed by atoms with Crippen LogP contribution in [0.3, 0.4) is 0 Å². The summed E-state index contributed by atoms with van der Waals surface area (Å²) in [5.74, 6) is 3.36. The molecule has 0 saturated carbocycles. The maximum absolute atomic E-state index is 12.2. The molecule has 6 heteroatoms. The van der Waals surface area contributed by atoms with E-state index in [1.54, 1.807) is 20.3 Å². The zero-order valence-corrected chi connectivity index (χ0v) is 15.8. The summed E-state index contributed by atoms with van der Waals surface area (Å²) in [6, 6.07) is 1.71. The lowest BCUT2D eigenvalue weighted by atomic mass is 9.98. The van der Waals surface area contributed by atoms with Crippen LogP contribution in [0.4, 0.5) is 0 Å². The molecule has 1 aliphatic rings. The molecule has 0 amide bonds. The van der Waals surface area contributed by atoms with Crippen LogP contribution in [0.5, 0.6) is 11.5 Å². The van der Waals surface area contributed by atoms with Crippen molar-refractivity contribution in [3.63, 3.8) is 0 Å². The van der Waals surface area contributed by atoms with Crippen molar-refractivity contribution in [2.75, 3.05) is 27.6 Å². The first-order valence-electron chi connectivity index (χ1n) is 8.56. The molecular weight excluding hydrogens is 336 g/mol. The lowest BCUT2D eigenvalue weighted by molar-refractivity contribution is -0.0322. The zero-order valence-electron chi connectivity index (χ0n) is 15.8. The maximum Gasteiger partial charge on any atom is 0.342 e. The molecule has 1 atom stereocenters. The molecule has 0 bridgehead atoms. The molecule has 0 spiro atoms. The molecule has 2 rings (SSSR count). The van der Waals surface area contributed by atoms with Gasteiger partial charge < -0.3 is 23.7 Å². The number of carbonyl (C=O) groups is 1. The molecule has 1 aromatic rings. The van der Waals surface area contributed by atoms with Crippen molar-refractivity contribution in [1.82, 2.24) is 0 Å². The van der Waals surface area contributed by atoms with E-state index in [-0.39, 0.29) is 13.4 Å². The second-order valence-electron chi connectivity index (χ2n) is 6.38. The third kappa shape index (κ3) is 4.48. The molecule has 1 heterocycles. The molecule has 0 fully saturated rings. The number of rotatable bonds is 10. The second kappa shape index (κ2) is 8.93. The quantitative estimate of drug-likeness (QED) is 0.276. The van der Waals surface area contributed by atoms with Gasteiger partial charge in [-0.15, -0.1) is 6.42 Å². The fraction of sp³-hybridized carbons (Fsp3) is 0.550. The second-order valence-corrected chi connectivity index (χ2v) is 6.38. The number of benzene rings is 1. The smallest absolute Gasteiger partial charge is 0.342 e. The highest BCUT2D eigenvalue weighted by Crippen LogP contribution is 2.39. The average molecular weight is 362 g/mol. The number of unbranched alkanes of at least 4 members (excludes halogenated alkanes) is 1. The van der Waals surface area contributed by atoms with Gasteiger partial charge in [0.05, 0.1) is 7.11 Å². The van der Waals surface area contributed by atoms with Crippen molar-refractivity contribution in [1.29, 1.82) is 0 Å². The Morgan fingerprint density at radius 3 is 2.73 bits per heavy atom. The van der Waals surface area contributed by atoms with E-state index in [9.17, 15) is 4.79 Å². The van der Waals surface area contributed by atoms with Gasteiger partial charge in [-0.05, 0) is 38.7 Å². The monoisotopic (exact) mass is 362 g/mol. The number of fused-ring (bicyclic) bond motifs is 1. The van der Waals surface area contributed by atoms with Crippen molar-refractivity contribution in [2.24, 2.45) is 0 Å². The lowest BCUT2D eigenvalue weighted by Gasteiger charge is -2.27. The first-order valence-corrected chi connectivity index (χ1v) is 8.56. The van der Waals surface area contributed by atoms with E-state index in [0.29, 0.717) is 30.1 Å². The molecule has 0 N–H and O–H groups in total. The lowest BCUT2D eigenvalue weighted by Crippen LogP contribution is -2.31. The molecule has 142 valence electrons. The highest BCUT2D eigenvalue weighted by molar-refractivity contribution is 5.97. The minimum Gasteiger partial charge on any atom is -0.496 e. The van der Waals surface area contributed by atoms with Crippen LogP contribution in [0.2, 0.25) is 0 Å². The largest absolute Gasteiger partial charge is 0.496 e. The van der Waals surface area contributed by atoms with E-state index in [1.807, 2.05) is 13.8 Å². The highest BCUT2D eigenvalue weighted by atomic mass is 16.7. The molecule has 0 saturated heterocycles. The normalized spacial score (nSPS) is 15.0. The van der Waals surface area contributed by atoms with Crippen molar-refractivity contribution in [3.05, 3.63) is 22.8 Å². The van der Waals surface area contributed by atoms with Crippen molar-refractivity contribution < 1.29 is 28.5 Å². The molecule has 0 aromatic heterocycles. The maximum atomic E-state index is 12.2. The summed E-state index contributed by atoms with van der Waals surface area (Å²) in [7, 11) is 3.17. The van der Waals surface area contributed by atoms with E-state index in [1.165, 1.54) is 0 Å². The number of hydrogen-bond donors (Lipinski definition) is 0. The van der Waals surface area contributed by atoms with Crippen LogP contribution in [-0.2, 0) is 20.8 Å². The van der Waals surface area contributed by atoms with Crippen LogP contribution in [-0.4, -0.2) is 39.2 Å². The van der Waals surface area contributed by atoms with Crippen LogP contribution < -0.4 is 9.47 Å². The molecule has 26 heavy (non-hydrogen) atoms. The number of ether oxygens (including phenoxy) is 5. The minimum absolute atomic E-state index is 0.219. The van der Waals surface area contributed by atoms with Crippen LogP contribution >= 0.6 is 0 Å². The van der Waals surface area contributed by atoms with Crippen molar-refractivity contribution in [2.45, 2.75) is 45.3 Å². The van der Waals surface area contributed by atoms with E-state index < -0.39 is 11.6 Å². The molecule has 6 nitrogen and oxygen atoms in total. The third-order valence-corrected chi connectivity index (χ3v) is 4.44. The van der Waals surface area contributed by atoms with Gasteiger partial charge in [-0.25, -0.2) is 4.79 Å². The fourth-order valence-electron chi connectivity index (χ4n) is 2.90. The van der Waals surface area contributed by atoms with E-state index >= 15 is 0 Å². The van der Waals surface area contributed by atoms with E-state index in [2.05, 4.69) is 5.92 Å². The summed E-state index contributed by atoms with van der Waals surface area (Å²) in [5, 5.41) is 0. The first kappa shape index (κ1) is 20.1. The third-order valence-electron chi connectivity index (χ3n) is 4.44. The number of cyclic esters (lactones) is 1. The first-order chi connectivity index (χ1) is 12.5. The number of terminal acetylenes is 1. The zero-order chi connectivity index (χ0) is 19.2. The Balaban J connectivity index is 2.14. The van der Waals surface area contributed by atoms with Gasteiger partial charge in [-0.1, -0.05) is 5.92 Å². The number of esters is 1. The van der Waals surface area contributed by atoms with Crippen LogP contribution in [0.1, 0.15) is 47.7 Å². The summed E-state index contributed by atoms with van der Waals surface area (Å²) < 4.78 is 26.8. The van der Waals surface area contributed by atoms with Gasteiger partial charge in [0.1, 0.15) is 30.5 Å². The van der Waals surface area contributed by atoms with Gasteiger partial charge in [0, 0.05) is 25.3 Å². The van der Waals surface area contributed by atoms with E-state index in [0.717, 1.165) is 24.0 Å². The van der Waals surface area contributed by atoms with Gasteiger partial charge in [0.15, 0.2) is 5.60 Å². The predicted octanol–water partition coefficient (Wildman–Crippen LogP) is 3.24. The molecule has 1 aromatic carbocycles. The Morgan fingerprint density at radius 2 is 2.08 bits per heavy atom. The van der Waals surface area contributed by atoms with Crippen LogP contribution in [0.15, 0.2) is 6.07 Å². The SMILES string of the molecule is C#CC(C)(CCCCOCOC)Oc1cc(OC)c(C)c2c1C(=O)OC2. The number of carbonyl (C=O) groups excluding carboxylic acids is 1. The fourth-order valence-corrected chi connectivity index (χ4v) is 2.90. The van der Waals surface area contributed by atoms with Gasteiger partial charge in [-0.2, -0.15) is 0 Å². The Labute approximate surface area is 154 Å². The van der Waals surface area contributed by atoms with Gasteiger partial charge in [0.25, 0.3) is 0 Å². The molecule has 1 unspecified atom stereocenters. The van der Waals surface area contributed by atoms with E-state index in [4.69, 9.17) is 30.1 Å². The number of methoxy groups -OCH3 is 2. The Morgan fingerprint density at radius 1 is 1.31 bits per heavy atom. The summed E-state index contributed by atoms with van der Waals surface area (Å²) in [4.78, 5) is 12.2. The Hall–Kier alpha value is -2.23. The topological polar surface area (TPSA) is 63.2 Å². The standard InChI is InChI=1S/C20H26O6/c1-6-20(3,9-7-8-10-24-13-22-4)26-17-11-16(23-5)14(2)15-12-25-19(21)18(15)17/h1,11H,7-10,12-13H2,2-5H3. The summed E-state index contributed by atoms with van der Waals surface area (Å²) in [6.07, 6.45) is 8.00. The molecule has 1 aliphatic heterocycles. The average Bonchev–Trinajstić information content (AvgIpc) is 3.03. The van der Waals surface area contributed by atoms with Gasteiger partial charge in [0.2, 0.25) is 0 Å². The van der Waals surface area contributed by atoms with Crippen molar-refractivity contribution in [3.8, 4) is 23.8 Å². The van der Waals surface area contributed by atoms with Crippen LogP contribution in [0, 0.1) is 19.3 Å². The van der Waals surface area contributed by atoms with Gasteiger partial charge >= 0.3 is 5.97 Å². The highest BCUT2D eigenvalue weighted by Gasteiger charge is 2.33. The Kier molecular flexibility index (Phi) is 6.90. The summed E-state index contributed by atoms with van der Waals surface area (Å²) in [5.41, 5.74) is 1.25. The molecule has 0 radical (unpaired) electrons. The predicted molar refractivity (Wildman–Crippen MR) is 96.4 cm³/mol. The Bertz CT molecular complexity index is 691. The van der Waals surface area contributed by atoms with Gasteiger partial charge in [-0.3, -0.25) is 0 Å². The van der Waals surface area contributed by atoms with Crippen LogP contribution in [0.25, 0.3) is 0 Å². The summed E-state index contributed by atoms with van der Waals surface area (Å²) >= 11 is 0. The molecular formula is C20H26O6. The summed E-state index contributed by atoms with van der Waals surface area (Å²) in [6.45, 7) is 4.82.